The summed E-state index contributed by atoms with van der Waals surface area (Å²) in [5.74, 6) is 10.1. The number of aromatic nitrogens is 2. The summed E-state index contributed by atoms with van der Waals surface area (Å²) in [5.41, 5.74) is 5.38. The average Bonchev–Trinajstić information content (AvgIpc) is 2.35. The first-order valence-corrected chi connectivity index (χ1v) is 7.51. The van der Waals surface area contributed by atoms with Crippen LogP contribution < -0.4 is 22.1 Å². The molecular formula is C14H21N5O. The number of anilines is 2. The van der Waals surface area contributed by atoms with E-state index in [1.54, 1.807) is 5.01 Å². The third-order valence-corrected chi connectivity index (χ3v) is 5.51. The van der Waals surface area contributed by atoms with Crippen LogP contribution in [-0.4, -0.2) is 16.0 Å². The maximum Gasteiger partial charge on any atom is 0.254 e. The van der Waals surface area contributed by atoms with Crippen LogP contribution in [0.15, 0.2) is 10.9 Å². The molecule has 0 radical (unpaired) electrons. The molecule has 4 saturated carbocycles. The molecule has 0 aromatic carbocycles. The van der Waals surface area contributed by atoms with Crippen LogP contribution in [0, 0.1) is 23.7 Å². The third kappa shape index (κ3) is 1.82. The fourth-order valence-electron chi connectivity index (χ4n) is 5.10. The van der Waals surface area contributed by atoms with Crippen molar-refractivity contribution in [1.82, 2.24) is 9.97 Å². The monoisotopic (exact) mass is 275 g/mol. The van der Waals surface area contributed by atoms with E-state index in [1.807, 2.05) is 0 Å². The average molecular weight is 275 g/mol. The Kier molecular flexibility index (Phi) is 2.57. The van der Waals surface area contributed by atoms with Crippen molar-refractivity contribution in [3.8, 4) is 0 Å². The molecule has 0 unspecified atom stereocenters. The van der Waals surface area contributed by atoms with Crippen LogP contribution in [0.25, 0.3) is 0 Å². The smallest absolute Gasteiger partial charge is 0.254 e. The summed E-state index contributed by atoms with van der Waals surface area (Å²) in [6.07, 6.45) is 6.54. The Morgan fingerprint density at radius 2 is 1.75 bits per heavy atom. The third-order valence-electron chi connectivity index (χ3n) is 5.51. The number of nitrogens with one attached hydrogen (secondary N) is 1. The van der Waals surface area contributed by atoms with E-state index in [-0.39, 0.29) is 11.5 Å². The molecule has 1 aromatic rings. The van der Waals surface area contributed by atoms with Crippen LogP contribution in [-0.2, 0) is 0 Å². The molecule has 6 nitrogen and oxygen atoms in total. The number of hydrazine groups is 1. The van der Waals surface area contributed by atoms with Gasteiger partial charge in [-0.1, -0.05) is 0 Å². The molecule has 0 amide bonds. The molecular weight excluding hydrogens is 254 g/mol. The molecule has 0 saturated heterocycles. The van der Waals surface area contributed by atoms with Crippen LogP contribution in [0.2, 0.25) is 0 Å². The van der Waals surface area contributed by atoms with Gasteiger partial charge in [-0.2, -0.15) is 4.98 Å². The Morgan fingerprint density at radius 3 is 2.30 bits per heavy atom. The Morgan fingerprint density at radius 1 is 1.15 bits per heavy atom. The lowest BCUT2D eigenvalue weighted by Gasteiger charge is -2.56. The summed E-state index contributed by atoms with van der Waals surface area (Å²) >= 11 is 0. The van der Waals surface area contributed by atoms with Gasteiger partial charge >= 0.3 is 0 Å². The van der Waals surface area contributed by atoms with Gasteiger partial charge in [-0.3, -0.25) is 14.8 Å². The van der Waals surface area contributed by atoms with Crippen LogP contribution in [0.3, 0.4) is 0 Å². The van der Waals surface area contributed by atoms with E-state index in [9.17, 15) is 4.79 Å². The molecule has 4 fully saturated rings. The minimum absolute atomic E-state index is 0.131. The highest BCUT2D eigenvalue weighted by Crippen LogP contribution is 2.54. The van der Waals surface area contributed by atoms with Gasteiger partial charge in [-0.05, 0) is 55.8 Å². The molecule has 20 heavy (non-hydrogen) atoms. The first-order valence-electron chi connectivity index (χ1n) is 7.51. The number of nitrogens with zero attached hydrogens (tertiary/aromatic N) is 2. The second kappa shape index (κ2) is 4.22. The molecule has 5 N–H and O–H groups in total. The summed E-state index contributed by atoms with van der Waals surface area (Å²) in [5, 5.41) is 1.72. The standard InChI is InChI=1S/C14H21N5O/c15-14-17-11(6-12(20)18-14)19(16)13-9-2-7-1-8(4-9)5-10(13)3-7/h6-10,13H,1-5,16H2,(H3,15,17,18,20). The Bertz CT molecular complexity index is 555. The lowest BCUT2D eigenvalue weighted by Crippen LogP contribution is -2.58. The zero-order valence-electron chi connectivity index (χ0n) is 11.5. The zero-order valence-corrected chi connectivity index (χ0v) is 11.5. The van der Waals surface area contributed by atoms with E-state index in [2.05, 4.69) is 9.97 Å². The van der Waals surface area contributed by atoms with Crippen molar-refractivity contribution in [2.45, 2.75) is 38.1 Å². The van der Waals surface area contributed by atoms with E-state index in [4.69, 9.17) is 11.6 Å². The lowest BCUT2D eigenvalue weighted by atomic mass is 9.54. The second-order valence-electron chi connectivity index (χ2n) is 6.82. The highest BCUT2D eigenvalue weighted by atomic mass is 16.1. The van der Waals surface area contributed by atoms with E-state index < -0.39 is 0 Å². The minimum atomic E-state index is -0.244. The molecule has 0 atom stereocenters. The molecule has 6 heteroatoms. The van der Waals surface area contributed by atoms with E-state index in [0.717, 1.165) is 11.8 Å². The predicted octanol–water partition coefficient (Wildman–Crippen LogP) is 0.857. The second-order valence-corrected chi connectivity index (χ2v) is 6.82. The van der Waals surface area contributed by atoms with Crippen LogP contribution in [0.4, 0.5) is 11.8 Å². The molecule has 4 aliphatic carbocycles. The quantitative estimate of drug-likeness (QED) is 0.549. The molecule has 108 valence electrons. The number of rotatable bonds is 2. The van der Waals surface area contributed by atoms with Crippen molar-refractivity contribution < 1.29 is 0 Å². The number of hydrogen-bond acceptors (Lipinski definition) is 5. The van der Waals surface area contributed by atoms with Crippen molar-refractivity contribution in [3.63, 3.8) is 0 Å². The van der Waals surface area contributed by atoms with Crippen molar-refractivity contribution in [3.05, 3.63) is 16.4 Å². The zero-order chi connectivity index (χ0) is 13.9. The van der Waals surface area contributed by atoms with Crippen molar-refractivity contribution in [2.24, 2.45) is 29.5 Å². The lowest BCUT2D eigenvalue weighted by molar-refractivity contribution is -0.00314. The van der Waals surface area contributed by atoms with Gasteiger partial charge in [0.2, 0.25) is 5.95 Å². The van der Waals surface area contributed by atoms with Gasteiger partial charge in [0, 0.05) is 6.07 Å². The number of hydrogen-bond donors (Lipinski definition) is 3. The van der Waals surface area contributed by atoms with Crippen molar-refractivity contribution >= 4 is 11.8 Å². The van der Waals surface area contributed by atoms with E-state index in [1.165, 1.54) is 38.2 Å². The highest BCUT2D eigenvalue weighted by Gasteiger charge is 2.50. The number of H-pyrrole nitrogens is 1. The van der Waals surface area contributed by atoms with Gasteiger partial charge in [-0.25, -0.2) is 5.84 Å². The maximum atomic E-state index is 11.5. The minimum Gasteiger partial charge on any atom is -0.369 e. The van der Waals surface area contributed by atoms with E-state index >= 15 is 0 Å². The Balaban J connectivity index is 1.65. The molecule has 0 aliphatic heterocycles. The summed E-state index contributed by atoms with van der Waals surface area (Å²) in [4.78, 5) is 18.2. The van der Waals surface area contributed by atoms with E-state index in [0.29, 0.717) is 23.7 Å². The van der Waals surface area contributed by atoms with Crippen molar-refractivity contribution in [1.29, 1.82) is 0 Å². The summed E-state index contributed by atoms with van der Waals surface area (Å²) in [7, 11) is 0. The summed E-state index contributed by atoms with van der Waals surface area (Å²) in [6.45, 7) is 0. The molecule has 4 bridgehead atoms. The Labute approximate surface area is 117 Å². The predicted molar refractivity (Wildman–Crippen MR) is 76.8 cm³/mol. The van der Waals surface area contributed by atoms with Gasteiger partial charge in [0.15, 0.2) is 5.82 Å². The SMILES string of the molecule is Nc1nc(N(N)C2C3CC4CC(C3)CC2C4)cc(=O)[nH]1. The fourth-order valence-corrected chi connectivity index (χ4v) is 5.10. The van der Waals surface area contributed by atoms with Gasteiger partial charge in [0.25, 0.3) is 5.56 Å². The summed E-state index contributed by atoms with van der Waals surface area (Å²) < 4.78 is 0. The normalized spacial score (nSPS) is 38.1. The van der Waals surface area contributed by atoms with Crippen LogP contribution in [0.5, 0.6) is 0 Å². The number of aromatic amines is 1. The highest BCUT2D eigenvalue weighted by molar-refractivity contribution is 5.41. The fraction of sp³-hybridized carbons (Fsp3) is 0.714. The number of nitrogen functional groups attached to an aromatic ring is 1. The van der Waals surface area contributed by atoms with Gasteiger partial charge in [-0.15, -0.1) is 0 Å². The van der Waals surface area contributed by atoms with Crippen molar-refractivity contribution in [2.75, 3.05) is 10.7 Å². The van der Waals surface area contributed by atoms with Gasteiger partial charge < -0.3 is 5.73 Å². The maximum absolute atomic E-state index is 11.5. The molecule has 1 heterocycles. The molecule has 4 aliphatic rings. The van der Waals surface area contributed by atoms with Gasteiger partial charge in [0.05, 0.1) is 6.04 Å². The van der Waals surface area contributed by atoms with Gasteiger partial charge in [0.1, 0.15) is 0 Å². The molecule has 5 rings (SSSR count). The summed E-state index contributed by atoms with van der Waals surface area (Å²) in [6, 6.07) is 1.76. The largest absolute Gasteiger partial charge is 0.369 e. The first kappa shape index (κ1) is 12.2. The molecule has 0 spiro atoms. The van der Waals surface area contributed by atoms with Crippen LogP contribution >= 0.6 is 0 Å². The molecule has 1 aromatic heterocycles. The Hall–Kier alpha value is -1.56. The first-order chi connectivity index (χ1) is 9.60. The van der Waals surface area contributed by atoms with Crippen LogP contribution in [0.1, 0.15) is 32.1 Å². The number of nitrogens with two attached hydrogens (primary N) is 2. The topological polar surface area (TPSA) is 101 Å².